The molecule has 1 heterocycles. The fourth-order valence-electron chi connectivity index (χ4n) is 3.45. The first-order valence-electron chi connectivity index (χ1n) is 8.91. The topological polar surface area (TPSA) is 29.5 Å². The van der Waals surface area contributed by atoms with Crippen LogP contribution in [0.4, 0.5) is 0 Å². The van der Waals surface area contributed by atoms with Gasteiger partial charge in [-0.05, 0) is 30.5 Å². The normalized spacial score (nSPS) is 18.0. The van der Waals surface area contributed by atoms with Gasteiger partial charge >= 0.3 is 5.97 Å². The Morgan fingerprint density at radius 1 is 1.12 bits per heavy atom. The van der Waals surface area contributed by atoms with Crippen molar-refractivity contribution in [2.24, 2.45) is 0 Å². The van der Waals surface area contributed by atoms with Gasteiger partial charge in [-0.1, -0.05) is 66.7 Å². The number of likely N-dealkylation sites (tertiary alicyclic amines) is 1. The van der Waals surface area contributed by atoms with Crippen LogP contribution in [0.3, 0.4) is 0 Å². The molecule has 2 aromatic carbocycles. The van der Waals surface area contributed by atoms with Crippen molar-refractivity contribution in [2.75, 3.05) is 19.6 Å². The zero-order chi connectivity index (χ0) is 17.5. The van der Waals surface area contributed by atoms with Crippen LogP contribution < -0.4 is 0 Å². The average Bonchev–Trinajstić information content (AvgIpc) is 2.64. The second-order valence-corrected chi connectivity index (χ2v) is 6.50. The van der Waals surface area contributed by atoms with E-state index in [2.05, 4.69) is 11.5 Å². The summed E-state index contributed by atoms with van der Waals surface area (Å²) in [5.41, 5.74) is 1.94. The molecule has 0 amide bonds. The number of nitrogens with zero attached hydrogens (tertiary/aromatic N) is 1. The number of carbonyl (C=O) groups excluding carboxylic acids is 1. The van der Waals surface area contributed by atoms with Gasteiger partial charge in [0.25, 0.3) is 0 Å². The maximum absolute atomic E-state index is 13.0. The van der Waals surface area contributed by atoms with Crippen LogP contribution in [-0.4, -0.2) is 36.6 Å². The Morgan fingerprint density at radius 2 is 1.72 bits per heavy atom. The molecule has 0 N–H and O–H groups in total. The van der Waals surface area contributed by atoms with Crippen molar-refractivity contribution < 1.29 is 9.53 Å². The molecule has 0 saturated carbocycles. The van der Waals surface area contributed by atoms with Crippen molar-refractivity contribution in [3.63, 3.8) is 0 Å². The number of hydrogen-bond acceptors (Lipinski definition) is 3. The van der Waals surface area contributed by atoms with Crippen LogP contribution in [0.2, 0.25) is 0 Å². The number of hydrogen-bond donors (Lipinski definition) is 0. The highest BCUT2D eigenvalue weighted by molar-refractivity contribution is 5.82. The van der Waals surface area contributed by atoms with Crippen LogP contribution in [0, 0.1) is 0 Å². The van der Waals surface area contributed by atoms with Gasteiger partial charge in [0.1, 0.15) is 12.0 Å². The Kier molecular flexibility index (Phi) is 6.02. The molecule has 3 rings (SSSR count). The fourth-order valence-corrected chi connectivity index (χ4v) is 3.45. The van der Waals surface area contributed by atoms with Crippen LogP contribution in [0.15, 0.2) is 73.3 Å². The summed E-state index contributed by atoms with van der Waals surface area (Å²) in [7, 11) is 0. The molecule has 130 valence electrons. The van der Waals surface area contributed by atoms with Crippen molar-refractivity contribution in [2.45, 2.75) is 24.9 Å². The summed E-state index contributed by atoms with van der Waals surface area (Å²) in [6.45, 7) is 6.47. The van der Waals surface area contributed by atoms with Crippen LogP contribution in [0.25, 0.3) is 0 Å². The molecule has 1 fully saturated rings. The molecule has 3 nitrogen and oxygen atoms in total. The lowest BCUT2D eigenvalue weighted by atomic mass is 9.91. The summed E-state index contributed by atoms with van der Waals surface area (Å²) in [6.07, 6.45) is 3.83. The lowest BCUT2D eigenvalue weighted by Crippen LogP contribution is -2.41. The Balaban J connectivity index is 1.77. The minimum Gasteiger partial charge on any atom is -0.460 e. The van der Waals surface area contributed by atoms with E-state index in [0.29, 0.717) is 0 Å². The predicted molar refractivity (Wildman–Crippen MR) is 100 cm³/mol. The van der Waals surface area contributed by atoms with E-state index in [1.54, 1.807) is 0 Å². The number of rotatable bonds is 6. The zero-order valence-electron chi connectivity index (χ0n) is 14.5. The minimum atomic E-state index is -0.378. The molecule has 1 aliphatic heterocycles. The van der Waals surface area contributed by atoms with Crippen LogP contribution >= 0.6 is 0 Å². The average molecular weight is 335 g/mol. The van der Waals surface area contributed by atoms with Gasteiger partial charge in [0.05, 0.1) is 0 Å². The minimum absolute atomic E-state index is 0.0453. The van der Waals surface area contributed by atoms with Gasteiger partial charge in [-0.25, -0.2) is 0 Å². The molecule has 1 saturated heterocycles. The van der Waals surface area contributed by atoms with Crippen molar-refractivity contribution in [3.05, 3.63) is 84.4 Å². The molecule has 3 heteroatoms. The highest BCUT2D eigenvalue weighted by Gasteiger charge is 2.28. The first-order valence-corrected chi connectivity index (χ1v) is 8.91. The molecule has 0 aromatic heterocycles. The smallest absolute Gasteiger partial charge is 0.318 e. The predicted octanol–water partition coefficient (Wildman–Crippen LogP) is 4.01. The van der Waals surface area contributed by atoms with E-state index < -0.39 is 0 Å². The molecule has 0 bridgehead atoms. The third kappa shape index (κ3) is 4.58. The van der Waals surface area contributed by atoms with Crippen LogP contribution in [-0.2, 0) is 9.53 Å². The van der Waals surface area contributed by atoms with Gasteiger partial charge in [0.2, 0.25) is 0 Å². The summed E-state index contributed by atoms with van der Waals surface area (Å²) < 4.78 is 5.92. The highest BCUT2D eigenvalue weighted by atomic mass is 16.5. The van der Waals surface area contributed by atoms with E-state index >= 15 is 0 Å². The Bertz CT molecular complexity index is 644. The maximum Gasteiger partial charge on any atom is 0.318 e. The lowest BCUT2D eigenvalue weighted by molar-refractivity contribution is -0.152. The zero-order valence-corrected chi connectivity index (χ0v) is 14.5. The number of esters is 1. The van der Waals surface area contributed by atoms with Gasteiger partial charge in [0.15, 0.2) is 0 Å². The monoisotopic (exact) mass is 335 g/mol. The summed E-state index contributed by atoms with van der Waals surface area (Å²) in [6, 6.07) is 19.7. The van der Waals surface area contributed by atoms with E-state index in [9.17, 15) is 4.79 Å². The number of ether oxygens (including phenoxy) is 1. The molecule has 25 heavy (non-hydrogen) atoms. The maximum atomic E-state index is 13.0. The Hall–Kier alpha value is -2.39. The first-order chi connectivity index (χ1) is 12.3. The van der Waals surface area contributed by atoms with Crippen LogP contribution in [0.5, 0.6) is 0 Å². The number of benzene rings is 2. The molecular formula is C22H25NO2. The number of carbonyl (C=O) groups is 1. The molecule has 2 aromatic rings. The van der Waals surface area contributed by atoms with E-state index in [4.69, 9.17) is 4.74 Å². The van der Waals surface area contributed by atoms with E-state index in [1.165, 1.54) is 0 Å². The summed E-state index contributed by atoms with van der Waals surface area (Å²) in [4.78, 5) is 15.3. The molecule has 1 aliphatic rings. The first kappa shape index (κ1) is 17.4. The highest BCUT2D eigenvalue weighted by Crippen LogP contribution is 2.27. The SMILES string of the molecule is C=CCN1CCCC(OC(=O)C(c2ccccc2)c2ccccc2)C1. The van der Waals surface area contributed by atoms with E-state index in [1.807, 2.05) is 66.7 Å². The molecule has 0 radical (unpaired) electrons. The van der Waals surface area contributed by atoms with E-state index in [0.717, 1.165) is 43.6 Å². The van der Waals surface area contributed by atoms with Crippen molar-refractivity contribution in [1.29, 1.82) is 0 Å². The Morgan fingerprint density at radius 3 is 2.28 bits per heavy atom. The lowest BCUT2D eigenvalue weighted by Gasteiger charge is -2.32. The largest absolute Gasteiger partial charge is 0.460 e. The van der Waals surface area contributed by atoms with Gasteiger partial charge in [-0.3, -0.25) is 9.69 Å². The quantitative estimate of drug-likeness (QED) is 0.590. The second-order valence-electron chi connectivity index (χ2n) is 6.50. The van der Waals surface area contributed by atoms with Crippen LogP contribution in [0.1, 0.15) is 29.9 Å². The van der Waals surface area contributed by atoms with E-state index in [-0.39, 0.29) is 18.0 Å². The Labute approximate surface area is 149 Å². The third-order valence-electron chi connectivity index (χ3n) is 4.63. The molecule has 0 aliphatic carbocycles. The standard InChI is InChI=1S/C22H25NO2/c1-2-15-23-16-9-14-20(17-23)25-22(24)21(18-10-5-3-6-11-18)19-12-7-4-8-13-19/h2-8,10-13,20-21H,1,9,14-17H2. The van der Waals surface area contributed by atoms with Gasteiger partial charge in [-0.2, -0.15) is 0 Å². The second kappa shape index (κ2) is 8.63. The fraction of sp³-hybridized carbons (Fsp3) is 0.318. The number of piperidine rings is 1. The van der Waals surface area contributed by atoms with Gasteiger partial charge < -0.3 is 4.74 Å². The summed E-state index contributed by atoms with van der Waals surface area (Å²) in [5.74, 6) is -0.542. The van der Waals surface area contributed by atoms with Gasteiger partial charge in [-0.15, -0.1) is 6.58 Å². The third-order valence-corrected chi connectivity index (χ3v) is 4.63. The van der Waals surface area contributed by atoms with Crippen molar-refractivity contribution >= 4 is 5.97 Å². The molecule has 1 atom stereocenters. The summed E-state index contributed by atoms with van der Waals surface area (Å²) >= 11 is 0. The molecule has 0 spiro atoms. The molecule has 1 unspecified atom stereocenters. The van der Waals surface area contributed by atoms with Crippen molar-refractivity contribution in [1.82, 2.24) is 4.90 Å². The van der Waals surface area contributed by atoms with Crippen molar-refractivity contribution in [3.8, 4) is 0 Å². The molecular weight excluding hydrogens is 310 g/mol. The van der Waals surface area contributed by atoms with Gasteiger partial charge in [0, 0.05) is 13.1 Å². The summed E-state index contributed by atoms with van der Waals surface area (Å²) in [5, 5.41) is 0.